The largest absolute Gasteiger partial charge is 0.271 e. The van der Waals surface area contributed by atoms with Gasteiger partial charge in [-0.3, -0.25) is 5.32 Å². The number of thioether (sulfide) groups is 1. The first-order valence-corrected chi connectivity index (χ1v) is 7.13. The maximum Gasteiger partial charge on any atom is 0.183 e. The standard InChI is InChI=1S/C11H11BrClN3S/c1-6-4-8(13)10(9(12)7(6)2)16-11(17-3)15-5-14/h4H,1-3H3,(H,15,16). The van der Waals surface area contributed by atoms with Crippen molar-refractivity contribution in [1.29, 1.82) is 5.26 Å². The van der Waals surface area contributed by atoms with Crippen molar-refractivity contribution in [2.75, 3.05) is 6.26 Å². The molecule has 6 heteroatoms. The number of nitrogens with one attached hydrogen (secondary N) is 1. The monoisotopic (exact) mass is 331 g/mol. The van der Waals surface area contributed by atoms with Crippen molar-refractivity contribution in [3.05, 3.63) is 26.7 Å². The van der Waals surface area contributed by atoms with Gasteiger partial charge in [-0.15, -0.1) is 0 Å². The second kappa shape index (κ2) is 6.29. The maximum atomic E-state index is 8.58. The number of hydrogen-bond donors (Lipinski definition) is 1. The zero-order chi connectivity index (χ0) is 13.0. The Hall–Kier alpha value is -0.700. The van der Waals surface area contributed by atoms with Gasteiger partial charge in [0.1, 0.15) is 0 Å². The van der Waals surface area contributed by atoms with E-state index in [9.17, 15) is 0 Å². The van der Waals surface area contributed by atoms with Crippen molar-refractivity contribution in [2.24, 2.45) is 4.99 Å². The summed E-state index contributed by atoms with van der Waals surface area (Å²) < 4.78 is 0.855. The first kappa shape index (κ1) is 14.4. The Morgan fingerprint density at radius 3 is 2.76 bits per heavy atom. The normalized spacial score (nSPS) is 11.2. The van der Waals surface area contributed by atoms with E-state index in [0.29, 0.717) is 15.9 Å². The SMILES string of the molecule is CSC(=Nc1c(Cl)cc(C)c(C)c1Br)NC#N. The van der Waals surface area contributed by atoms with Crippen LogP contribution in [0, 0.1) is 25.3 Å². The molecule has 0 aromatic heterocycles. The molecule has 0 fully saturated rings. The van der Waals surface area contributed by atoms with Gasteiger partial charge in [0.15, 0.2) is 11.4 Å². The minimum atomic E-state index is 0.512. The molecular weight excluding hydrogens is 322 g/mol. The van der Waals surface area contributed by atoms with Gasteiger partial charge in [-0.05, 0) is 53.2 Å². The van der Waals surface area contributed by atoms with Crippen LogP contribution in [0.4, 0.5) is 5.69 Å². The fraction of sp³-hybridized carbons (Fsp3) is 0.273. The molecule has 1 rings (SSSR count). The van der Waals surface area contributed by atoms with Crippen LogP contribution in [0.15, 0.2) is 15.5 Å². The van der Waals surface area contributed by atoms with Gasteiger partial charge in [-0.2, -0.15) is 5.26 Å². The van der Waals surface area contributed by atoms with Crippen molar-refractivity contribution in [1.82, 2.24) is 5.32 Å². The van der Waals surface area contributed by atoms with E-state index in [-0.39, 0.29) is 0 Å². The molecule has 90 valence electrons. The number of aryl methyl sites for hydroxylation is 1. The van der Waals surface area contributed by atoms with Crippen LogP contribution in [0.5, 0.6) is 0 Å². The summed E-state index contributed by atoms with van der Waals surface area (Å²) in [6.45, 7) is 3.98. The second-order valence-corrected chi connectivity index (χ2v) is 5.32. The topological polar surface area (TPSA) is 48.2 Å². The minimum Gasteiger partial charge on any atom is -0.271 e. The zero-order valence-corrected chi connectivity index (χ0v) is 12.8. The van der Waals surface area contributed by atoms with E-state index in [1.165, 1.54) is 11.8 Å². The van der Waals surface area contributed by atoms with Crippen molar-refractivity contribution >= 4 is 50.1 Å². The molecule has 17 heavy (non-hydrogen) atoms. The molecule has 1 aromatic carbocycles. The number of halogens is 2. The average molecular weight is 333 g/mol. The highest BCUT2D eigenvalue weighted by Gasteiger charge is 2.11. The smallest absolute Gasteiger partial charge is 0.183 e. The third-order valence-corrected chi connectivity index (χ3v) is 4.11. The summed E-state index contributed by atoms with van der Waals surface area (Å²) in [7, 11) is 0. The molecule has 0 aliphatic rings. The van der Waals surface area contributed by atoms with Crippen LogP contribution in [0.1, 0.15) is 11.1 Å². The third-order valence-electron chi connectivity index (χ3n) is 2.27. The van der Waals surface area contributed by atoms with E-state index in [1.54, 1.807) is 0 Å². The summed E-state index contributed by atoms with van der Waals surface area (Å²) in [6, 6.07) is 1.87. The molecule has 0 atom stereocenters. The molecule has 0 radical (unpaired) electrons. The van der Waals surface area contributed by atoms with E-state index >= 15 is 0 Å². The second-order valence-electron chi connectivity index (χ2n) is 3.32. The highest BCUT2D eigenvalue weighted by atomic mass is 79.9. The van der Waals surface area contributed by atoms with E-state index in [1.807, 2.05) is 32.4 Å². The Bertz CT molecular complexity index is 508. The van der Waals surface area contributed by atoms with E-state index in [0.717, 1.165) is 15.6 Å². The molecule has 0 amide bonds. The minimum absolute atomic E-state index is 0.512. The fourth-order valence-corrected chi connectivity index (χ4v) is 2.56. The van der Waals surface area contributed by atoms with Crippen molar-refractivity contribution in [3.8, 4) is 6.19 Å². The number of nitriles is 1. The highest BCUT2D eigenvalue weighted by molar-refractivity contribution is 9.10. The van der Waals surface area contributed by atoms with E-state index in [4.69, 9.17) is 16.9 Å². The lowest BCUT2D eigenvalue weighted by molar-refractivity contribution is 1.26. The van der Waals surface area contributed by atoms with E-state index < -0.39 is 0 Å². The van der Waals surface area contributed by atoms with Gasteiger partial charge in [-0.1, -0.05) is 23.4 Å². The summed E-state index contributed by atoms with van der Waals surface area (Å²) in [5.74, 6) is 0. The Kier molecular flexibility index (Phi) is 5.31. The molecule has 0 aliphatic carbocycles. The molecule has 3 nitrogen and oxygen atoms in total. The van der Waals surface area contributed by atoms with Crippen LogP contribution < -0.4 is 5.32 Å². The lowest BCUT2D eigenvalue weighted by Gasteiger charge is -2.09. The Labute approximate surface area is 118 Å². The fourth-order valence-electron chi connectivity index (χ4n) is 1.20. The average Bonchev–Trinajstić information content (AvgIpc) is 2.30. The lowest BCUT2D eigenvalue weighted by atomic mass is 10.1. The zero-order valence-electron chi connectivity index (χ0n) is 9.64. The van der Waals surface area contributed by atoms with Crippen LogP contribution >= 0.6 is 39.3 Å². The summed E-state index contributed by atoms with van der Waals surface area (Å²) in [4.78, 5) is 4.34. The number of amidine groups is 1. The van der Waals surface area contributed by atoms with E-state index in [2.05, 4.69) is 26.2 Å². The predicted molar refractivity (Wildman–Crippen MR) is 78.0 cm³/mol. The Morgan fingerprint density at radius 1 is 1.59 bits per heavy atom. The summed E-state index contributed by atoms with van der Waals surface area (Å²) in [5, 5.41) is 12.2. The molecular formula is C11H11BrClN3S. The molecule has 1 N–H and O–H groups in total. The van der Waals surface area contributed by atoms with Gasteiger partial charge in [-0.25, -0.2) is 4.99 Å². The molecule has 1 aromatic rings. The molecule has 0 saturated carbocycles. The molecule has 0 spiro atoms. The number of nitrogens with zero attached hydrogens (tertiary/aromatic N) is 2. The summed E-state index contributed by atoms with van der Waals surface area (Å²) in [5.41, 5.74) is 2.83. The van der Waals surface area contributed by atoms with Crippen LogP contribution in [-0.2, 0) is 0 Å². The molecule has 0 aliphatic heterocycles. The molecule has 0 heterocycles. The van der Waals surface area contributed by atoms with Gasteiger partial charge >= 0.3 is 0 Å². The van der Waals surface area contributed by atoms with Gasteiger partial charge in [0, 0.05) is 4.47 Å². The molecule has 0 bridgehead atoms. The Balaban J connectivity index is 3.33. The highest BCUT2D eigenvalue weighted by Crippen LogP contribution is 2.38. The number of benzene rings is 1. The number of rotatable bonds is 1. The van der Waals surface area contributed by atoms with Crippen molar-refractivity contribution in [3.63, 3.8) is 0 Å². The van der Waals surface area contributed by atoms with Crippen LogP contribution in [0.3, 0.4) is 0 Å². The van der Waals surface area contributed by atoms with Crippen molar-refractivity contribution < 1.29 is 0 Å². The van der Waals surface area contributed by atoms with Gasteiger partial charge in [0.25, 0.3) is 0 Å². The lowest BCUT2D eigenvalue weighted by Crippen LogP contribution is -2.12. The number of aliphatic imine (C=N–C) groups is 1. The maximum absolute atomic E-state index is 8.58. The quantitative estimate of drug-likeness (QED) is 0.364. The van der Waals surface area contributed by atoms with Gasteiger partial charge in [0.05, 0.1) is 10.7 Å². The first-order valence-electron chi connectivity index (χ1n) is 4.74. The van der Waals surface area contributed by atoms with Crippen LogP contribution in [0.2, 0.25) is 5.02 Å². The molecule has 0 unspecified atom stereocenters. The van der Waals surface area contributed by atoms with Gasteiger partial charge in [0.2, 0.25) is 0 Å². The summed E-state index contributed by atoms with van der Waals surface area (Å²) >= 11 is 11.0. The third kappa shape index (κ3) is 3.38. The van der Waals surface area contributed by atoms with Crippen LogP contribution in [-0.4, -0.2) is 11.4 Å². The van der Waals surface area contributed by atoms with Crippen molar-refractivity contribution in [2.45, 2.75) is 13.8 Å². The van der Waals surface area contributed by atoms with Gasteiger partial charge < -0.3 is 0 Å². The van der Waals surface area contributed by atoms with Crippen LogP contribution in [0.25, 0.3) is 0 Å². The number of hydrogen-bond acceptors (Lipinski definition) is 3. The summed E-state index contributed by atoms with van der Waals surface area (Å²) in [6.07, 6.45) is 3.68. The predicted octanol–water partition coefficient (Wildman–Crippen LogP) is 4.14. The molecule has 0 saturated heterocycles. The first-order chi connectivity index (χ1) is 8.01. The Morgan fingerprint density at radius 2 is 2.24 bits per heavy atom.